The monoisotopic (exact) mass is 534 g/mol. The van der Waals surface area contributed by atoms with Crippen LogP contribution in [0.5, 0.6) is 11.5 Å². The number of quaternary nitrogens is 1. The van der Waals surface area contributed by atoms with Crippen molar-refractivity contribution in [1.82, 2.24) is 0 Å². The van der Waals surface area contributed by atoms with Crippen LogP contribution in [0.1, 0.15) is 23.1 Å². The molecule has 0 radical (unpaired) electrons. The Kier molecular flexibility index (Phi) is 8.32. The van der Waals surface area contributed by atoms with Gasteiger partial charge in [0, 0.05) is 18.1 Å². The fourth-order valence-electron chi connectivity index (χ4n) is 4.62. The minimum atomic E-state index is -0.0645. The van der Waals surface area contributed by atoms with Gasteiger partial charge in [0.25, 0.3) is 0 Å². The molecule has 204 valence electrons. The Morgan fingerprint density at radius 1 is 0.675 bits per heavy atom. The smallest absolute Gasteiger partial charge is 0.193 e. The summed E-state index contributed by atoms with van der Waals surface area (Å²) in [4.78, 5) is 13.0. The Morgan fingerprint density at radius 2 is 1.32 bits per heavy atom. The average molecular weight is 535 g/mol. The zero-order valence-electron chi connectivity index (χ0n) is 23.4. The molecule has 0 aliphatic heterocycles. The van der Waals surface area contributed by atoms with Crippen molar-refractivity contribution in [2.45, 2.75) is 26.1 Å². The summed E-state index contributed by atoms with van der Waals surface area (Å²) in [6, 6.07) is 33.2. The summed E-state index contributed by atoms with van der Waals surface area (Å²) >= 11 is 0. The zero-order valence-corrected chi connectivity index (χ0v) is 23.4. The van der Waals surface area contributed by atoms with E-state index in [0.717, 1.165) is 46.1 Å². The van der Waals surface area contributed by atoms with E-state index in [-0.39, 0.29) is 5.43 Å². The molecule has 5 aromatic rings. The predicted molar refractivity (Wildman–Crippen MR) is 161 cm³/mol. The van der Waals surface area contributed by atoms with E-state index in [1.165, 1.54) is 0 Å². The van der Waals surface area contributed by atoms with Crippen molar-refractivity contribution >= 4 is 11.0 Å². The number of nitrogens with zero attached hydrogens (tertiary/aromatic N) is 1. The van der Waals surface area contributed by atoms with Gasteiger partial charge in [-0.15, -0.1) is 0 Å². The van der Waals surface area contributed by atoms with E-state index in [1.807, 2.05) is 97.1 Å². The summed E-state index contributed by atoms with van der Waals surface area (Å²) in [5.41, 5.74) is 4.57. The van der Waals surface area contributed by atoms with E-state index < -0.39 is 0 Å². The molecule has 0 fully saturated rings. The minimum absolute atomic E-state index is 0.0645. The van der Waals surface area contributed by atoms with E-state index in [9.17, 15) is 4.79 Å². The van der Waals surface area contributed by atoms with Crippen molar-refractivity contribution in [3.05, 3.63) is 130 Å². The third-order valence-corrected chi connectivity index (χ3v) is 6.79. The molecule has 1 aromatic heterocycles. The lowest BCUT2D eigenvalue weighted by Crippen LogP contribution is -2.35. The largest absolute Gasteiger partial charge is 0.485 e. The molecule has 1 heterocycles. The number of benzene rings is 4. The van der Waals surface area contributed by atoms with Crippen LogP contribution in [0, 0.1) is 0 Å². The van der Waals surface area contributed by atoms with Gasteiger partial charge in [-0.2, -0.15) is 0 Å². The molecular formula is C35H36NO4+. The molecule has 0 amide bonds. The van der Waals surface area contributed by atoms with Gasteiger partial charge in [-0.25, -0.2) is 0 Å². The van der Waals surface area contributed by atoms with Crippen LogP contribution in [0.2, 0.25) is 0 Å². The molecule has 5 nitrogen and oxygen atoms in total. The molecule has 0 spiro atoms. The Bertz CT molecular complexity index is 1620. The highest BCUT2D eigenvalue weighted by molar-refractivity contribution is 5.79. The number of hydrogen-bond acceptors (Lipinski definition) is 4. The van der Waals surface area contributed by atoms with Crippen LogP contribution in [0.3, 0.4) is 0 Å². The van der Waals surface area contributed by atoms with E-state index in [0.29, 0.717) is 41.4 Å². The molecule has 0 unspecified atom stereocenters. The van der Waals surface area contributed by atoms with Crippen LogP contribution < -0.4 is 14.9 Å². The zero-order chi connectivity index (χ0) is 28.0. The van der Waals surface area contributed by atoms with Crippen LogP contribution in [-0.2, 0) is 19.6 Å². The van der Waals surface area contributed by atoms with Crippen molar-refractivity contribution in [2.24, 2.45) is 0 Å². The van der Waals surface area contributed by atoms with Crippen molar-refractivity contribution in [1.29, 1.82) is 0 Å². The Morgan fingerprint density at radius 3 is 1.98 bits per heavy atom. The van der Waals surface area contributed by atoms with Crippen LogP contribution in [0.15, 0.2) is 112 Å². The number of ether oxygens (including phenoxy) is 2. The van der Waals surface area contributed by atoms with Gasteiger partial charge in [0.15, 0.2) is 16.9 Å². The molecule has 0 atom stereocenters. The lowest BCUT2D eigenvalue weighted by Gasteiger charge is -2.23. The number of hydrogen-bond donors (Lipinski definition) is 0. The maximum absolute atomic E-state index is 13.0. The maximum atomic E-state index is 13.0. The van der Waals surface area contributed by atoms with Crippen molar-refractivity contribution in [2.75, 3.05) is 27.7 Å². The Hall–Kier alpha value is -4.35. The van der Waals surface area contributed by atoms with E-state index >= 15 is 0 Å². The molecule has 0 N–H and O–H groups in total. The molecule has 5 heteroatoms. The lowest BCUT2D eigenvalue weighted by atomic mass is 10.1. The van der Waals surface area contributed by atoms with Crippen LogP contribution in [-0.4, -0.2) is 32.2 Å². The lowest BCUT2D eigenvalue weighted by molar-refractivity contribution is -0.870. The van der Waals surface area contributed by atoms with E-state index in [1.54, 1.807) is 6.07 Å². The molecule has 40 heavy (non-hydrogen) atoms. The summed E-state index contributed by atoms with van der Waals surface area (Å²) in [6.07, 6.45) is 2.00. The summed E-state index contributed by atoms with van der Waals surface area (Å²) in [6.45, 7) is 1.89. The highest BCUT2D eigenvalue weighted by Gasteiger charge is 2.14. The number of aryl methyl sites for hydroxylation is 1. The second-order valence-electron chi connectivity index (χ2n) is 11.1. The van der Waals surface area contributed by atoms with Gasteiger partial charge in [0.2, 0.25) is 0 Å². The van der Waals surface area contributed by atoms with Gasteiger partial charge in [-0.1, -0.05) is 66.7 Å². The van der Waals surface area contributed by atoms with Gasteiger partial charge in [-0.05, 0) is 53.4 Å². The van der Waals surface area contributed by atoms with Crippen LogP contribution in [0.4, 0.5) is 0 Å². The van der Waals surface area contributed by atoms with Crippen molar-refractivity contribution in [3.63, 3.8) is 0 Å². The third kappa shape index (κ3) is 7.19. The van der Waals surface area contributed by atoms with Gasteiger partial charge < -0.3 is 18.4 Å². The minimum Gasteiger partial charge on any atom is -0.485 e. The Balaban J connectivity index is 1.43. The first-order valence-electron chi connectivity index (χ1n) is 13.7. The summed E-state index contributed by atoms with van der Waals surface area (Å²) in [5, 5.41) is 0.586. The number of fused-ring (bicyclic) bond motifs is 1. The first kappa shape index (κ1) is 27.2. The summed E-state index contributed by atoms with van der Waals surface area (Å²) in [5.74, 6) is 1.72. The SMILES string of the molecule is C[N+](C)(C)CCCc1ccc2c(=O)cc(-c3ccc(OCc4ccccc4)c(OCc4ccccc4)c3)oc2c1. The van der Waals surface area contributed by atoms with Gasteiger partial charge >= 0.3 is 0 Å². The standard InChI is InChI=1S/C35H36NO4/c1-36(2,3)20-10-15-26-16-18-30-31(37)23-33(40-34(30)21-26)29-17-19-32(38-24-27-11-6-4-7-12-27)35(22-29)39-25-28-13-8-5-9-14-28/h4-9,11-14,16-19,21-23H,10,15,20,24-25H2,1-3H3/q+1. The summed E-state index contributed by atoms with van der Waals surface area (Å²) < 4.78 is 19.6. The fraction of sp³-hybridized carbons (Fsp3) is 0.229. The predicted octanol–water partition coefficient (Wildman–Crippen LogP) is 7.26. The van der Waals surface area contributed by atoms with Gasteiger partial charge in [-0.3, -0.25) is 4.79 Å². The molecule has 0 aliphatic carbocycles. The average Bonchev–Trinajstić information content (AvgIpc) is 2.95. The topological polar surface area (TPSA) is 48.7 Å². The second kappa shape index (κ2) is 12.2. The van der Waals surface area contributed by atoms with Crippen molar-refractivity contribution < 1.29 is 18.4 Å². The normalized spacial score (nSPS) is 11.5. The first-order chi connectivity index (χ1) is 19.3. The number of rotatable bonds is 11. The van der Waals surface area contributed by atoms with Crippen LogP contribution >= 0.6 is 0 Å². The fourth-order valence-corrected chi connectivity index (χ4v) is 4.62. The molecule has 5 rings (SSSR count). The van der Waals surface area contributed by atoms with Gasteiger partial charge in [0.1, 0.15) is 24.6 Å². The van der Waals surface area contributed by atoms with E-state index in [4.69, 9.17) is 13.9 Å². The molecule has 0 saturated carbocycles. The molecule has 0 saturated heterocycles. The molecule has 4 aromatic carbocycles. The molecular weight excluding hydrogens is 498 g/mol. The maximum Gasteiger partial charge on any atom is 0.193 e. The molecule has 0 bridgehead atoms. The highest BCUT2D eigenvalue weighted by Crippen LogP contribution is 2.34. The van der Waals surface area contributed by atoms with E-state index in [2.05, 4.69) is 21.1 Å². The third-order valence-electron chi connectivity index (χ3n) is 6.79. The van der Waals surface area contributed by atoms with Gasteiger partial charge in [0.05, 0.1) is 33.1 Å². The second-order valence-corrected chi connectivity index (χ2v) is 11.1. The Labute approximate surface area is 235 Å². The van der Waals surface area contributed by atoms with Crippen LogP contribution in [0.25, 0.3) is 22.3 Å². The first-order valence-corrected chi connectivity index (χ1v) is 13.7. The quantitative estimate of drug-likeness (QED) is 0.167. The molecule has 0 aliphatic rings. The summed E-state index contributed by atoms with van der Waals surface area (Å²) in [7, 11) is 6.59. The van der Waals surface area contributed by atoms with Crippen molar-refractivity contribution in [3.8, 4) is 22.8 Å². The highest BCUT2D eigenvalue weighted by atomic mass is 16.5.